The van der Waals surface area contributed by atoms with Gasteiger partial charge in [-0.25, -0.2) is 9.59 Å². The molecule has 0 saturated heterocycles. The largest absolute Gasteiger partial charge is 0.491 e. The second-order valence-corrected chi connectivity index (χ2v) is 10.5. The Morgan fingerprint density at radius 2 is 1.71 bits per heavy atom. The first kappa shape index (κ1) is 30.4. The Bertz CT molecular complexity index is 1390. The minimum Gasteiger partial charge on any atom is -0.491 e. The topological polar surface area (TPSA) is 138 Å². The number of aryl methyl sites for hydroxylation is 2. The molecule has 0 saturated carbocycles. The lowest BCUT2D eigenvalue weighted by atomic mass is 10.0. The summed E-state index contributed by atoms with van der Waals surface area (Å²) in [6.07, 6.45) is -0.341. The zero-order chi connectivity index (χ0) is 30.4. The maximum absolute atomic E-state index is 13.6. The summed E-state index contributed by atoms with van der Waals surface area (Å²) in [6.45, 7) is 8.07. The molecule has 1 aliphatic heterocycles. The molecule has 0 radical (unpaired) electrons. The van der Waals surface area contributed by atoms with Gasteiger partial charge in [-0.2, -0.15) is 0 Å². The van der Waals surface area contributed by atoms with Crippen LogP contribution in [-0.4, -0.2) is 78.9 Å². The third-order valence-electron chi connectivity index (χ3n) is 7.26. The van der Waals surface area contributed by atoms with Gasteiger partial charge in [0, 0.05) is 50.6 Å². The molecule has 12 nitrogen and oxygen atoms in total. The Kier molecular flexibility index (Phi) is 9.68. The molecule has 3 atom stereocenters. The lowest BCUT2D eigenvalue weighted by molar-refractivity contribution is 0.0174. The first-order valence-electron chi connectivity index (χ1n) is 13.8. The number of urea groups is 2. The van der Waals surface area contributed by atoms with Crippen LogP contribution >= 0.6 is 0 Å². The highest BCUT2D eigenvalue weighted by molar-refractivity contribution is 6.01. The Morgan fingerprint density at radius 1 is 1.00 bits per heavy atom. The van der Waals surface area contributed by atoms with Crippen molar-refractivity contribution in [3.8, 4) is 5.75 Å². The lowest BCUT2D eigenvalue weighted by Gasteiger charge is -2.36. The van der Waals surface area contributed by atoms with E-state index in [2.05, 4.69) is 21.1 Å². The highest BCUT2D eigenvalue weighted by atomic mass is 16.5. The molecule has 0 unspecified atom stereocenters. The molecule has 5 amide bonds. The van der Waals surface area contributed by atoms with Gasteiger partial charge < -0.3 is 39.7 Å². The number of nitrogens with zero attached hydrogens (tertiary/aromatic N) is 3. The number of amides is 5. The van der Waals surface area contributed by atoms with Crippen molar-refractivity contribution in [2.45, 2.75) is 39.8 Å². The summed E-state index contributed by atoms with van der Waals surface area (Å²) >= 11 is 0. The van der Waals surface area contributed by atoms with Gasteiger partial charge in [-0.05, 0) is 45.0 Å². The standard InChI is InChI=1S/C30H38N6O6/c1-18-15-36(30(39)33-27-20(3)34-42-21(27)4)19(2)17-41-25-14-23(32-29(38)31-22-10-8-7-9-11-22)12-13-24(25)28(37)35(5)16-26(18)40-6/h7-14,18-19,26H,15-17H2,1-6H3,(H,33,39)(H2,31,32,38)/t18-,19-,26+/m0/s1. The van der Waals surface area contributed by atoms with Crippen LogP contribution in [0.15, 0.2) is 53.1 Å². The van der Waals surface area contributed by atoms with Crippen molar-refractivity contribution in [1.82, 2.24) is 15.0 Å². The van der Waals surface area contributed by atoms with Gasteiger partial charge in [-0.15, -0.1) is 0 Å². The van der Waals surface area contributed by atoms with E-state index in [-0.39, 0.29) is 36.3 Å². The molecule has 1 aliphatic rings. The van der Waals surface area contributed by atoms with Gasteiger partial charge in [0.25, 0.3) is 5.91 Å². The molecule has 3 aromatic rings. The predicted molar refractivity (Wildman–Crippen MR) is 159 cm³/mol. The van der Waals surface area contributed by atoms with E-state index in [1.54, 1.807) is 68.1 Å². The average Bonchev–Trinajstić information content (AvgIpc) is 3.28. The van der Waals surface area contributed by atoms with E-state index < -0.39 is 12.1 Å². The Labute approximate surface area is 245 Å². The number of anilines is 3. The summed E-state index contributed by atoms with van der Waals surface area (Å²) in [4.78, 5) is 42.9. The van der Waals surface area contributed by atoms with Crippen LogP contribution in [0.2, 0.25) is 0 Å². The van der Waals surface area contributed by atoms with Crippen molar-refractivity contribution in [1.29, 1.82) is 0 Å². The number of aromatic nitrogens is 1. The summed E-state index contributed by atoms with van der Waals surface area (Å²) in [5.41, 5.74) is 2.50. The van der Waals surface area contributed by atoms with Gasteiger partial charge in [-0.1, -0.05) is 30.3 Å². The number of methoxy groups -OCH3 is 1. The van der Waals surface area contributed by atoms with E-state index in [9.17, 15) is 14.4 Å². The molecule has 0 fully saturated rings. The van der Waals surface area contributed by atoms with Crippen molar-refractivity contribution in [3.05, 3.63) is 65.5 Å². The molecule has 4 rings (SSSR count). The zero-order valence-corrected chi connectivity index (χ0v) is 24.8. The molecule has 224 valence electrons. The smallest absolute Gasteiger partial charge is 0.323 e. The van der Waals surface area contributed by atoms with Crippen molar-refractivity contribution in [3.63, 3.8) is 0 Å². The fraction of sp³-hybridized carbons (Fsp3) is 0.400. The number of rotatable bonds is 4. The van der Waals surface area contributed by atoms with Crippen LogP contribution in [0.25, 0.3) is 0 Å². The van der Waals surface area contributed by atoms with Crippen molar-refractivity contribution >= 4 is 35.0 Å². The summed E-state index contributed by atoms with van der Waals surface area (Å²) in [7, 11) is 3.29. The molecule has 12 heteroatoms. The van der Waals surface area contributed by atoms with E-state index >= 15 is 0 Å². The van der Waals surface area contributed by atoms with Crippen LogP contribution in [-0.2, 0) is 4.74 Å². The normalized spacial score (nSPS) is 19.6. The van der Waals surface area contributed by atoms with Crippen LogP contribution in [0.5, 0.6) is 5.75 Å². The number of para-hydroxylation sites is 1. The van der Waals surface area contributed by atoms with E-state index in [1.165, 1.54) is 0 Å². The summed E-state index contributed by atoms with van der Waals surface area (Å²) < 4.78 is 17.2. The molecule has 2 aromatic carbocycles. The van der Waals surface area contributed by atoms with E-state index in [0.29, 0.717) is 47.2 Å². The van der Waals surface area contributed by atoms with Crippen LogP contribution in [0.3, 0.4) is 0 Å². The predicted octanol–water partition coefficient (Wildman–Crippen LogP) is 4.97. The van der Waals surface area contributed by atoms with Gasteiger partial charge in [0.2, 0.25) is 0 Å². The fourth-order valence-electron chi connectivity index (χ4n) is 4.79. The third kappa shape index (κ3) is 7.19. The number of hydrogen-bond acceptors (Lipinski definition) is 7. The molecule has 42 heavy (non-hydrogen) atoms. The second kappa shape index (κ2) is 13.4. The average molecular weight is 579 g/mol. The van der Waals surface area contributed by atoms with Crippen LogP contribution in [0, 0.1) is 19.8 Å². The SMILES string of the molecule is CO[C@@H]1CN(C)C(=O)c2ccc(NC(=O)Nc3ccccc3)cc2OC[C@H](C)N(C(=O)Nc2c(C)noc2C)C[C@@H]1C. The minimum atomic E-state index is -0.440. The third-order valence-corrected chi connectivity index (χ3v) is 7.26. The van der Waals surface area contributed by atoms with Crippen LogP contribution in [0.1, 0.15) is 35.7 Å². The highest BCUT2D eigenvalue weighted by Crippen LogP contribution is 2.27. The second-order valence-electron chi connectivity index (χ2n) is 10.5. The van der Waals surface area contributed by atoms with Gasteiger partial charge in [0.15, 0.2) is 5.76 Å². The molecule has 0 aliphatic carbocycles. The van der Waals surface area contributed by atoms with E-state index in [1.807, 2.05) is 32.0 Å². The molecule has 0 bridgehead atoms. The maximum atomic E-state index is 13.6. The summed E-state index contributed by atoms with van der Waals surface area (Å²) in [6, 6.07) is 12.8. The number of hydrogen-bond donors (Lipinski definition) is 3. The zero-order valence-electron chi connectivity index (χ0n) is 24.8. The number of likely N-dealkylation sites (N-methyl/N-ethyl adjacent to an activating group) is 1. The quantitative estimate of drug-likeness (QED) is 0.397. The molecular weight excluding hydrogens is 540 g/mol. The fourth-order valence-corrected chi connectivity index (χ4v) is 4.79. The number of benzene rings is 2. The first-order chi connectivity index (χ1) is 20.1. The van der Waals surface area contributed by atoms with Crippen molar-refractivity contribution in [2.24, 2.45) is 5.92 Å². The highest BCUT2D eigenvalue weighted by Gasteiger charge is 2.31. The molecule has 0 spiro atoms. The number of carbonyl (C=O) groups excluding carboxylic acids is 3. The molecule has 3 N–H and O–H groups in total. The molecule has 1 aromatic heterocycles. The van der Waals surface area contributed by atoms with Crippen molar-refractivity contribution < 1.29 is 28.4 Å². The number of nitrogens with one attached hydrogen (secondary N) is 3. The number of ether oxygens (including phenoxy) is 2. The minimum absolute atomic E-state index is 0.0864. The van der Waals surface area contributed by atoms with Gasteiger partial charge in [0.05, 0.1) is 17.7 Å². The van der Waals surface area contributed by atoms with E-state index in [4.69, 9.17) is 14.0 Å². The van der Waals surface area contributed by atoms with Gasteiger partial charge in [-0.3, -0.25) is 4.79 Å². The van der Waals surface area contributed by atoms with E-state index in [0.717, 1.165) is 0 Å². The Morgan fingerprint density at radius 3 is 2.38 bits per heavy atom. The lowest BCUT2D eigenvalue weighted by Crippen LogP contribution is -2.50. The number of carbonyl (C=O) groups is 3. The van der Waals surface area contributed by atoms with Crippen LogP contribution < -0.4 is 20.7 Å². The first-order valence-corrected chi connectivity index (χ1v) is 13.8. The monoisotopic (exact) mass is 578 g/mol. The molecule has 2 heterocycles. The Hall–Kier alpha value is -4.58. The molecular formula is C30H38N6O6. The van der Waals surface area contributed by atoms with Gasteiger partial charge >= 0.3 is 12.1 Å². The van der Waals surface area contributed by atoms with Gasteiger partial charge in [0.1, 0.15) is 23.7 Å². The summed E-state index contributed by atoms with van der Waals surface area (Å²) in [5.74, 6) is 0.426. The maximum Gasteiger partial charge on any atom is 0.323 e. The number of fused-ring (bicyclic) bond motifs is 1. The Balaban J connectivity index is 1.61. The summed E-state index contributed by atoms with van der Waals surface area (Å²) in [5, 5.41) is 12.4. The van der Waals surface area contributed by atoms with Crippen molar-refractivity contribution in [2.75, 3.05) is 49.8 Å². The van der Waals surface area contributed by atoms with Crippen LogP contribution in [0.4, 0.5) is 26.7 Å².